The van der Waals surface area contributed by atoms with Crippen LogP contribution in [0.1, 0.15) is 34.9 Å². The second kappa shape index (κ2) is 6.54. The van der Waals surface area contributed by atoms with Crippen LogP contribution in [0.15, 0.2) is 65.8 Å². The number of rotatable bonds is 5. The van der Waals surface area contributed by atoms with Crippen LogP contribution in [0.25, 0.3) is 0 Å². The van der Waals surface area contributed by atoms with Crippen LogP contribution in [0.3, 0.4) is 0 Å². The lowest BCUT2D eigenvalue weighted by Gasteiger charge is -2.10. The molecule has 2 aromatic carbocycles. The van der Waals surface area contributed by atoms with Gasteiger partial charge in [-0.05, 0) is 5.56 Å². The van der Waals surface area contributed by atoms with Gasteiger partial charge in [0.05, 0.1) is 5.71 Å². The lowest BCUT2D eigenvalue weighted by molar-refractivity contribution is 0.0854. The number of aliphatic hydroxyl groups is 1. The van der Waals surface area contributed by atoms with Crippen LogP contribution < -0.4 is 0 Å². The maximum Gasteiger partial charge on any atom is 0.165 e. The number of hydrogen-bond donors (Lipinski definition) is 1. The molecule has 0 spiro atoms. The molecule has 0 saturated heterocycles. The van der Waals surface area contributed by atoms with Gasteiger partial charge in [-0.1, -0.05) is 65.8 Å². The van der Waals surface area contributed by atoms with Crippen molar-refractivity contribution in [2.75, 3.05) is 0 Å². The first-order chi connectivity index (χ1) is 10.7. The molecule has 1 N–H and O–H groups in total. The van der Waals surface area contributed by atoms with Gasteiger partial charge in [-0.25, -0.2) is 0 Å². The fraction of sp³-hybridized carbons (Fsp3) is 0.222. The molecule has 0 aliphatic carbocycles. The summed E-state index contributed by atoms with van der Waals surface area (Å²) in [6, 6.07) is 18.7. The Morgan fingerprint density at radius 3 is 2.45 bits per heavy atom. The van der Waals surface area contributed by atoms with Gasteiger partial charge in [0.2, 0.25) is 0 Å². The van der Waals surface area contributed by atoms with Gasteiger partial charge in [0.15, 0.2) is 11.9 Å². The third kappa shape index (κ3) is 3.23. The minimum atomic E-state index is -0.901. The number of aliphatic hydroxyl groups excluding tert-OH is 1. The van der Waals surface area contributed by atoms with Crippen LogP contribution in [0.4, 0.5) is 0 Å². The zero-order valence-electron chi connectivity index (χ0n) is 12.1. The molecule has 4 heteroatoms. The summed E-state index contributed by atoms with van der Waals surface area (Å²) in [5.74, 6) is -0.0982. The molecule has 0 saturated carbocycles. The molecule has 0 radical (unpaired) electrons. The second-order valence-corrected chi connectivity index (χ2v) is 5.30. The van der Waals surface area contributed by atoms with Crippen molar-refractivity contribution in [3.63, 3.8) is 0 Å². The third-order valence-corrected chi connectivity index (χ3v) is 3.72. The van der Waals surface area contributed by atoms with Crippen molar-refractivity contribution in [2.24, 2.45) is 5.16 Å². The maximum absolute atomic E-state index is 12.1. The van der Waals surface area contributed by atoms with E-state index in [9.17, 15) is 9.90 Å². The summed E-state index contributed by atoms with van der Waals surface area (Å²) in [4.78, 5) is 17.5. The van der Waals surface area contributed by atoms with Crippen molar-refractivity contribution >= 4 is 11.5 Å². The molecular formula is C18H17NO3. The Balaban J connectivity index is 1.60. The van der Waals surface area contributed by atoms with E-state index in [0.717, 1.165) is 5.56 Å². The molecule has 2 atom stereocenters. The molecule has 2 aromatic rings. The quantitative estimate of drug-likeness (QED) is 0.862. The highest BCUT2D eigenvalue weighted by Gasteiger charge is 2.28. The van der Waals surface area contributed by atoms with Crippen LogP contribution in [0, 0.1) is 0 Å². The van der Waals surface area contributed by atoms with Crippen molar-refractivity contribution in [1.29, 1.82) is 0 Å². The zero-order chi connectivity index (χ0) is 15.4. The van der Waals surface area contributed by atoms with Gasteiger partial charge in [-0.15, -0.1) is 0 Å². The van der Waals surface area contributed by atoms with Gasteiger partial charge >= 0.3 is 0 Å². The molecule has 1 aliphatic heterocycles. The summed E-state index contributed by atoms with van der Waals surface area (Å²) < 4.78 is 0. The van der Waals surface area contributed by atoms with E-state index < -0.39 is 6.10 Å². The summed E-state index contributed by atoms with van der Waals surface area (Å²) in [5.41, 5.74) is 2.14. The SMILES string of the molecule is O=C(C[C@@H](O)C1=NOC(c2ccccc2)C1)c1ccccc1. The molecule has 0 bridgehead atoms. The number of nitrogens with zero attached hydrogens (tertiary/aromatic N) is 1. The number of oxime groups is 1. The van der Waals surface area contributed by atoms with Gasteiger partial charge in [-0.3, -0.25) is 4.79 Å². The van der Waals surface area contributed by atoms with E-state index in [1.807, 2.05) is 36.4 Å². The van der Waals surface area contributed by atoms with Crippen LogP contribution >= 0.6 is 0 Å². The highest BCUT2D eigenvalue weighted by atomic mass is 16.6. The summed E-state index contributed by atoms with van der Waals surface area (Å²) in [6.07, 6.45) is -0.555. The molecule has 1 unspecified atom stereocenters. The molecule has 1 heterocycles. The molecular weight excluding hydrogens is 278 g/mol. The van der Waals surface area contributed by atoms with Crippen LogP contribution in [-0.2, 0) is 4.84 Å². The largest absolute Gasteiger partial charge is 0.387 e. The van der Waals surface area contributed by atoms with Crippen molar-refractivity contribution in [1.82, 2.24) is 0 Å². The van der Waals surface area contributed by atoms with Crippen LogP contribution in [0.5, 0.6) is 0 Å². The fourth-order valence-corrected chi connectivity index (χ4v) is 2.47. The van der Waals surface area contributed by atoms with Gasteiger partial charge in [0.1, 0.15) is 6.10 Å². The second-order valence-electron chi connectivity index (χ2n) is 5.30. The van der Waals surface area contributed by atoms with Crippen LogP contribution in [-0.4, -0.2) is 22.7 Å². The number of carbonyl (C=O) groups is 1. The summed E-state index contributed by atoms with van der Waals surface area (Å²) in [5, 5.41) is 14.2. The first-order valence-electron chi connectivity index (χ1n) is 7.28. The maximum atomic E-state index is 12.1. The van der Waals surface area contributed by atoms with Gasteiger partial charge in [0.25, 0.3) is 0 Å². The Morgan fingerprint density at radius 2 is 1.77 bits per heavy atom. The Bertz CT molecular complexity index is 667. The normalized spacial score (nSPS) is 18.4. The van der Waals surface area contributed by atoms with E-state index >= 15 is 0 Å². The summed E-state index contributed by atoms with van der Waals surface area (Å²) in [6.45, 7) is 0. The number of hydrogen-bond acceptors (Lipinski definition) is 4. The van der Waals surface area contributed by atoms with Crippen molar-refractivity contribution in [3.05, 3.63) is 71.8 Å². The van der Waals surface area contributed by atoms with E-state index in [4.69, 9.17) is 4.84 Å². The smallest absolute Gasteiger partial charge is 0.165 e. The van der Waals surface area contributed by atoms with E-state index in [1.54, 1.807) is 24.3 Å². The zero-order valence-corrected chi connectivity index (χ0v) is 12.1. The number of Topliss-reactive ketones (excluding diaryl/α,β-unsaturated/α-hetero) is 1. The number of ketones is 1. The monoisotopic (exact) mass is 295 g/mol. The van der Waals surface area contributed by atoms with Crippen molar-refractivity contribution < 1.29 is 14.7 Å². The van der Waals surface area contributed by atoms with Gasteiger partial charge < -0.3 is 9.94 Å². The highest BCUT2D eigenvalue weighted by molar-refractivity contribution is 6.00. The van der Waals surface area contributed by atoms with Gasteiger partial charge in [-0.2, -0.15) is 0 Å². The predicted octanol–water partition coefficient (Wildman–Crippen LogP) is 3.14. The van der Waals surface area contributed by atoms with E-state index in [0.29, 0.717) is 17.7 Å². The molecule has 0 amide bonds. The lowest BCUT2D eigenvalue weighted by Crippen LogP contribution is -2.23. The molecule has 4 nitrogen and oxygen atoms in total. The first-order valence-corrected chi connectivity index (χ1v) is 7.28. The predicted molar refractivity (Wildman–Crippen MR) is 83.7 cm³/mol. The molecule has 112 valence electrons. The fourth-order valence-electron chi connectivity index (χ4n) is 2.47. The molecule has 3 rings (SSSR count). The molecule has 0 aromatic heterocycles. The Labute approximate surface area is 129 Å². The number of carbonyl (C=O) groups excluding carboxylic acids is 1. The topological polar surface area (TPSA) is 58.9 Å². The van der Waals surface area contributed by atoms with E-state index in [-0.39, 0.29) is 18.3 Å². The minimum absolute atomic E-state index is 0.0215. The summed E-state index contributed by atoms with van der Waals surface area (Å²) >= 11 is 0. The van der Waals surface area contributed by atoms with Crippen LogP contribution in [0.2, 0.25) is 0 Å². The number of benzene rings is 2. The Hall–Kier alpha value is -2.46. The highest BCUT2D eigenvalue weighted by Crippen LogP contribution is 2.28. The molecule has 0 fully saturated rings. The minimum Gasteiger partial charge on any atom is -0.387 e. The average Bonchev–Trinajstić information content (AvgIpc) is 3.06. The Morgan fingerprint density at radius 1 is 1.14 bits per heavy atom. The Kier molecular flexibility index (Phi) is 4.30. The van der Waals surface area contributed by atoms with E-state index in [2.05, 4.69) is 5.16 Å². The first kappa shape index (κ1) is 14.5. The molecule has 1 aliphatic rings. The van der Waals surface area contributed by atoms with Gasteiger partial charge in [0, 0.05) is 18.4 Å². The lowest BCUT2D eigenvalue weighted by atomic mass is 9.98. The summed E-state index contributed by atoms with van der Waals surface area (Å²) in [7, 11) is 0. The third-order valence-electron chi connectivity index (χ3n) is 3.72. The average molecular weight is 295 g/mol. The van der Waals surface area contributed by atoms with E-state index in [1.165, 1.54) is 0 Å². The van der Waals surface area contributed by atoms with Crippen molar-refractivity contribution in [2.45, 2.75) is 25.0 Å². The molecule has 22 heavy (non-hydrogen) atoms. The standard InChI is InChI=1S/C18H17NO3/c20-16(13-7-3-1-4-8-13)12-17(21)15-11-18(22-19-15)14-9-5-2-6-10-14/h1-10,17-18,21H,11-12H2/t17-,18?/m1/s1. The van der Waals surface area contributed by atoms with Crippen molar-refractivity contribution in [3.8, 4) is 0 Å².